The average molecular weight is 311 g/mol. The summed E-state index contributed by atoms with van der Waals surface area (Å²) < 4.78 is 1.06. The van der Waals surface area contributed by atoms with Crippen LogP contribution in [-0.4, -0.2) is 23.0 Å². The maximum atomic E-state index is 4.38. The number of pyridine rings is 1. The molecule has 1 aromatic heterocycles. The Morgan fingerprint density at radius 2 is 2.24 bits per heavy atom. The fourth-order valence-electron chi connectivity index (χ4n) is 1.80. The van der Waals surface area contributed by atoms with Crippen LogP contribution in [0.4, 0.5) is 5.69 Å². The first-order chi connectivity index (χ1) is 8.20. The molecular formula is C13H15BrN2S. The number of halogens is 1. The summed E-state index contributed by atoms with van der Waals surface area (Å²) in [4.78, 5) is 4.38. The molecule has 1 unspecified atom stereocenters. The van der Waals surface area contributed by atoms with Crippen molar-refractivity contribution in [1.29, 1.82) is 0 Å². The second kappa shape index (κ2) is 5.74. The molecule has 0 saturated heterocycles. The number of fused-ring (bicyclic) bond motifs is 1. The van der Waals surface area contributed by atoms with Gasteiger partial charge in [-0.2, -0.15) is 11.8 Å². The van der Waals surface area contributed by atoms with E-state index in [1.165, 1.54) is 5.39 Å². The summed E-state index contributed by atoms with van der Waals surface area (Å²) in [6.45, 7) is 2.20. The van der Waals surface area contributed by atoms with Crippen molar-refractivity contribution in [2.75, 3.05) is 17.3 Å². The summed E-state index contributed by atoms with van der Waals surface area (Å²) in [6, 6.07) is 8.68. The van der Waals surface area contributed by atoms with Gasteiger partial charge in [0.15, 0.2) is 0 Å². The van der Waals surface area contributed by atoms with Gasteiger partial charge in [-0.15, -0.1) is 0 Å². The molecule has 0 spiro atoms. The van der Waals surface area contributed by atoms with Crippen LogP contribution in [-0.2, 0) is 0 Å². The van der Waals surface area contributed by atoms with E-state index in [-0.39, 0.29) is 0 Å². The lowest BCUT2D eigenvalue weighted by Crippen LogP contribution is -2.17. The monoisotopic (exact) mass is 310 g/mol. The number of rotatable bonds is 4. The summed E-state index contributed by atoms with van der Waals surface area (Å²) in [6.07, 6.45) is 3.98. The molecule has 4 heteroatoms. The van der Waals surface area contributed by atoms with E-state index in [0.29, 0.717) is 6.04 Å². The van der Waals surface area contributed by atoms with Crippen LogP contribution in [0.3, 0.4) is 0 Å². The summed E-state index contributed by atoms with van der Waals surface area (Å²) >= 11 is 5.32. The van der Waals surface area contributed by atoms with Crippen molar-refractivity contribution in [3.63, 3.8) is 0 Å². The molecule has 0 amide bonds. The molecule has 0 fully saturated rings. The first-order valence-corrected chi connectivity index (χ1v) is 7.69. The highest BCUT2D eigenvalue weighted by Gasteiger charge is 2.05. The van der Waals surface area contributed by atoms with Gasteiger partial charge in [0, 0.05) is 33.5 Å². The van der Waals surface area contributed by atoms with Crippen molar-refractivity contribution in [2.24, 2.45) is 0 Å². The molecule has 17 heavy (non-hydrogen) atoms. The van der Waals surface area contributed by atoms with Gasteiger partial charge in [0.2, 0.25) is 0 Å². The van der Waals surface area contributed by atoms with Crippen LogP contribution in [0.25, 0.3) is 10.9 Å². The highest BCUT2D eigenvalue weighted by atomic mass is 79.9. The van der Waals surface area contributed by atoms with Gasteiger partial charge in [0.1, 0.15) is 0 Å². The third-order valence-corrected chi connectivity index (χ3v) is 3.85. The SMILES string of the molecule is CSCC(C)Nc1ccnc2cc(Br)ccc12. The Hall–Kier alpha value is -0.740. The van der Waals surface area contributed by atoms with Crippen molar-refractivity contribution in [2.45, 2.75) is 13.0 Å². The van der Waals surface area contributed by atoms with E-state index in [2.05, 4.69) is 51.5 Å². The highest BCUT2D eigenvalue weighted by molar-refractivity contribution is 9.10. The summed E-state index contributed by atoms with van der Waals surface area (Å²) in [7, 11) is 0. The van der Waals surface area contributed by atoms with Crippen molar-refractivity contribution in [1.82, 2.24) is 4.98 Å². The second-order valence-electron chi connectivity index (χ2n) is 4.02. The minimum Gasteiger partial charge on any atom is -0.381 e. The fraction of sp³-hybridized carbons (Fsp3) is 0.308. The Morgan fingerprint density at radius 1 is 1.41 bits per heavy atom. The lowest BCUT2D eigenvalue weighted by atomic mass is 10.2. The molecule has 0 aliphatic heterocycles. The van der Waals surface area contributed by atoms with Crippen LogP contribution in [0.2, 0.25) is 0 Å². The molecule has 0 radical (unpaired) electrons. The third-order valence-electron chi connectivity index (χ3n) is 2.52. The Labute approximate surface area is 114 Å². The van der Waals surface area contributed by atoms with Crippen LogP contribution in [0.15, 0.2) is 34.9 Å². The zero-order valence-corrected chi connectivity index (χ0v) is 12.3. The number of nitrogens with one attached hydrogen (secondary N) is 1. The number of aromatic nitrogens is 1. The quantitative estimate of drug-likeness (QED) is 0.918. The number of anilines is 1. The highest BCUT2D eigenvalue weighted by Crippen LogP contribution is 2.25. The van der Waals surface area contributed by atoms with Crippen LogP contribution in [0.5, 0.6) is 0 Å². The van der Waals surface area contributed by atoms with Crippen molar-refractivity contribution in [3.8, 4) is 0 Å². The Morgan fingerprint density at radius 3 is 3.00 bits per heavy atom. The molecular weight excluding hydrogens is 296 g/mol. The normalized spacial score (nSPS) is 12.6. The van der Waals surface area contributed by atoms with Gasteiger partial charge in [0.25, 0.3) is 0 Å². The van der Waals surface area contributed by atoms with E-state index < -0.39 is 0 Å². The van der Waals surface area contributed by atoms with Gasteiger partial charge in [0.05, 0.1) is 5.52 Å². The lowest BCUT2D eigenvalue weighted by Gasteiger charge is -2.15. The van der Waals surface area contributed by atoms with Gasteiger partial charge in [-0.3, -0.25) is 4.98 Å². The average Bonchev–Trinajstić information content (AvgIpc) is 2.29. The van der Waals surface area contributed by atoms with Crippen molar-refractivity contribution < 1.29 is 0 Å². The van der Waals surface area contributed by atoms with E-state index in [4.69, 9.17) is 0 Å². The molecule has 2 rings (SSSR count). The topological polar surface area (TPSA) is 24.9 Å². The van der Waals surface area contributed by atoms with Crippen LogP contribution in [0, 0.1) is 0 Å². The largest absolute Gasteiger partial charge is 0.381 e. The fourth-order valence-corrected chi connectivity index (χ4v) is 2.74. The van der Waals surface area contributed by atoms with Crippen molar-refractivity contribution in [3.05, 3.63) is 34.9 Å². The Bertz CT molecular complexity index is 516. The molecule has 0 aliphatic rings. The Balaban J connectivity index is 2.34. The second-order valence-corrected chi connectivity index (χ2v) is 5.85. The maximum Gasteiger partial charge on any atom is 0.0733 e. The smallest absolute Gasteiger partial charge is 0.0733 e. The molecule has 0 saturated carbocycles. The minimum absolute atomic E-state index is 0.458. The van der Waals surface area contributed by atoms with E-state index in [1.807, 2.05) is 30.1 Å². The molecule has 2 aromatic rings. The first kappa shape index (κ1) is 12.7. The van der Waals surface area contributed by atoms with Gasteiger partial charge in [-0.25, -0.2) is 0 Å². The number of hydrogen-bond acceptors (Lipinski definition) is 3. The van der Waals surface area contributed by atoms with Gasteiger partial charge in [-0.1, -0.05) is 15.9 Å². The lowest BCUT2D eigenvalue weighted by molar-refractivity contribution is 0.916. The van der Waals surface area contributed by atoms with Crippen LogP contribution in [0.1, 0.15) is 6.92 Å². The van der Waals surface area contributed by atoms with Gasteiger partial charge < -0.3 is 5.32 Å². The van der Waals surface area contributed by atoms with E-state index in [1.54, 1.807) is 0 Å². The number of hydrogen-bond donors (Lipinski definition) is 1. The van der Waals surface area contributed by atoms with Crippen LogP contribution >= 0.6 is 27.7 Å². The molecule has 0 bridgehead atoms. The Kier molecular flexibility index (Phi) is 4.29. The zero-order chi connectivity index (χ0) is 12.3. The molecule has 2 nitrogen and oxygen atoms in total. The standard InChI is InChI=1S/C13H15BrN2S/c1-9(8-17-2)16-12-5-6-15-13-7-10(14)3-4-11(12)13/h3-7,9H,8H2,1-2H3,(H,15,16). The number of benzene rings is 1. The van der Waals surface area contributed by atoms with E-state index >= 15 is 0 Å². The van der Waals surface area contributed by atoms with Gasteiger partial charge in [-0.05, 0) is 37.4 Å². The molecule has 1 N–H and O–H groups in total. The summed E-state index contributed by atoms with van der Waals surface area (Å²) in [5.41, 5.74) is 2.17. The molecule has 1 atom stereocenters. The molecule has 1 heterocycles. The predicted molar refractivity (Wildman–Crippen MR) is 80.9 cm³/mol. The van der Waals surface area contributed by atoms with Gasteiger partial charge >= 0.3 is 0 Å². The van der Waals surface area contributed by atoms with Crippen molar-refractivity contribution >= 4 is 44.3 Å². The summed E-state index contributed by atoms with van der Waals surface area (Å²) in [5.74, 6) is 1.10. The van der Waals surface area contributed by atoms with E-state index in [9.17, 15) is 0 Å². The molecule has 0 aliphatic carbocycles. The third kappa shape index (κ3) is 3.13. The minimum atomic E-state index is 0.458. The molecule has 1 aromatic carbocycles. The number of thioether (sulfide) groups is 1. The maximum absolute atomic E-state index is 4.38. The zero-order valence-electron chi connectivity index (χ0n) is 9.90. The predicted octanol–water partition coefficient (Wildman–Crippen LogP) is 4.16. The first-order valence-electron chi connectivity index (χ1n) is 5.50. The molecule has 90 valence electrons. The van der Waals surface area contributed by atoms with Crippen LogP contribution < -0.4 is 5.32 Å². The number of nitrogens with zero attached hydrogens (tertiary/aromatic N) is 1. The summed E-state index contributed by atoms with van der Waals surface area (Å²) in [5, 5.41) is 4.70. The van der Waals surface area contributed by atoms with E-state index in [0.717, 1.165) is 21.4 Å².